The van der Waals surface area contributed by atoms with Crippen molar-refractivity contribution >= 4 is 29.4 Å². The third kappa shape index (κ3) is 6.97. The minimum Gasteiger partial charge on any atom is -0.346 e. The molecular weight excluding hydrogens is 422 g/mol. The van der Waals surface area contributed by atoms with Crippen LogP contribution in [0.2, 0.25) is 0 Å². The molecule has 4 atom stereocenters. The Kier molecular flexibility index (Phi) is 9.27. The topological polar surface area (TPSA) is 121 Å². The molecule has 8 heteroatoms. The van der Waals surface area contributed by atoms with E-state index in [1.165, 1.54) is 13.0 Å². The summed E-state index contributed by atoms with van der Waals surface area (Å²) in [7, 11) is 0. The molecule has 0 unspecified atom stereocenters. The quantitative estimate of drug-likeness (QED) is 0.216. The molecule has 0 spiro atoms. The van der Waals surface area contributed by atoms with E-state index >= 15 is 0 Å². The van der Waals surface area contributed by atoms with Crippen molar-refractivity contribution in [2.24, 2.45) is 17.8 Å². The fourth-order valence-electron chi connectivity index (χ4n) is 3.66. The van der Waals surface area contributed by atoms with Crippen molar-refractivity contribution in [1.29, 1.82) is 0 Å². The molecule has 1 fully saturated rings. The standard InChI is InChI=1S/C25H31N3O5/c1-5-6-8-13-19(29)26-18(17-11-9-7-10-12-17)14-20(30)27-22(15(2)3)23(31)21-16(4)24(32)28-25(21)33/h5-13,15-16,18,21-22H,14H2,1-4H3,(H,26,29)(H,27,30)(H,28,32,33)/b6-5+,13-8+/t16-,18-,21+,22-/m0/s1. The summed E-state index contributed by atoms with van der Waals surface area (Å²) in [6, 6.07) is 7.48. The number of ketones is 1. The number of carbonyl (C=O) groups excluding carboxylic acids is 5. The summed E-state index contributed by atoms with van der Waals surface area (Å²) >= 11 is 0. The van der Waals surface area contributed by atoms with Gasteiger partial charge in [-0.25, -0.2) is 0 Å². The van der Waals surface area contributed by atoms with Gasteiger partial charge in [0, 0.05) is 6.08 Å². The zero-order valence-electron chi connectivity index (χ0n) is 19.3. The van der Waals surface area contributed by atoms with Gasteiger partial charge in [-0.1, -0.05) is 69.3 Å². The lowest BCUT2D eigenvalue weighted by Gasteiger charge is -2.25. The predicted molar refractivity (Wildman–Crippen MR) is 123 cm³/mol. The van der Waals surface area contributed by atoms with Gasteiger partial charge >= 0.3 is 0 Å². The van der Waals surface area contributed by atoms with Gasteiger partial charge in [0.1, 0.15) is 5.92 Å². The minimum absolute atomic E-state index is 0.102. The van der Waals surface area contributed by atoms with Gasteiger partial charge in [-0.05, 0) is 18.4 Å². The fraction of sp³-hybridized carbons (Fsp3) is 0.400. The second kappa shape index (κ2) is 11.9. The molecule has 1 aliphatic heterocycles. The number of carbonyl (C=O) groups is 5. The van der Waals surface area contributed by atoms with E-state index in [-0.39, 0.29) is 18.2 Å². The molecular formula is C25H31N3O5. The van der Waals surface area contributed by atoms with E-state index in [2.05, 4.69) is 16.0 Å². The second-order valence-electron chi connectivity index (χ2n) is 8.37. The first kappa shape index (κ1) is 25.7. The lowest BCUT2D eigenvalue weighted by Crippen LogP contribution is -2.49. The highest BCUT2D eigenvalue weighted by Gasteiger charge is 2.46. The van der Waals surface area contributed by atoms with Crippen LogP contribution in [-0.2, 0) is 24.0 Å². The van der Waals surface area contributed by atoms with E-state index in [0.717, 1.165) is 5.56 Å². The predicted octanol–water partition coefficient (Wildman–Crippen LogP) is 1.98. The van der Waals surface area contributed by atoms with Crippen molar-refractivity contribution in [2.45, 2.75) is 46.2 Å². The lowest BCUT2D eigenvalue weighted by atomic mass is 9.85. The van der Waals surface area contributed by atoms with Gasteiger partial charge in [0.2, 0.25) is 23.6 Å². The summed E-state index contributed by atoms with van der Waals surface area (Å²) in [4.78, 5) is 62.2. The number of Topliss-reactive ketones (excluding diaryl/α,β-unsaturated/α-hetero) is 1. The van der Waals surface area contributed by atoms with Crippen LogP contribution in [0.1, 0.15) is 45.7 Å². The van der Waals surface area contributed by atoms with Crippen LogP contribution in [0.4, 0.5) is 0 Å². The van der Waals surface area contributed by atoms with E-state index < -0.39 is 47.4 Å². The van der Waals surface area contributed by atoms with Gasteiger partial charge < -0.3 is 10.6 Å². The van der Waals surface area contributed by atoms with Crippen LogP contribution in [0.15, 0.2) is 54.6 Å². The van der Waals surface area contributed by atoms with Crippen LogP contribution in [0, 0.1) is 17.8 Å². The molecule has 0 bridgehead atoms. The maximum Gasteiger partial charge on any atom is 0.244 e. The maximum absolute atomic E-state index is 13.1. The molecule has 2 rings (SSSR count). The molecule has 1 saturated heterocycles. The monoisotopic (exact) mass is 453 g/mol. The van der Waals surface area contributed by atoms with Crippen molar-refractivity contribution in [3.8, 4) is 0 Å². The van der Waals surface area contributed by atoms with Crippen LogP contribution in [-0.4, -0.2) is 35.5 Å². The van der Waals surface area contributed by atoms with Crippen LogP contribution in [0.5, 0.6) is 0 Å². The van der Waals surface area contributed by atoms with Gasteiger partial charge in [-0.15, -0.1) is 0 Å². The van der Waals surface area contributed by atoms with E-state index in [1.54, 1.807) is 56.3 Å². The molecule has 0 saturated carbocycles. The van der Waals surface area contributed by atoms with Crippen LogP contribution in [0.25, 0.3) is 0 Å². The van der Waals surface area contributed by atoms with Crippen molar-refractivity contribution in [2.75, 3.05) is 0 Å². The summed E-state index contributed by atoms with van der Waals surface area (Å²) in [5.74, 6) is -4.67. The molecule has 1 aromatic rings. The average molecular weight is 454 g/mol. The Morgan fingerprint density at radius 1 is 1.03 bits per heavy atom. The largest absolute Gasteiger partial charge is 0.346 e. The molecule has 1 aromatic carbocycles. The molecule has 1 aliphatic rings. The van der Waals surface area contributed by atoms with Crippen LogP contribution in [0.3, 0.4) is 0 Å². The first-order valence-corrected chi connectivity index (χ1v) is 11.0. The van der Waals surface area contributed by atoms with Gasteiger partial charge in [0.05, 0.1) is 24.4 Å². The fourth-order valence-corrected chi connectivity index (χ4v) is 3.66. The lowest BCUT2D eigenvalue weighted by molar-refractivity contribution is -0.137. The van der Waals surface area contributed by atoms with Gasteiger partial charge in [0.25, 0.3) is 0 Å². The van der Waals surface area contributed by atoms with Crippen LogP contribution < -0.4 is 16.0 Å². The number of rotatable bonds is 10. The van der Waals surface area contributed by atoms with Crippen LogP contribution >= 0.6 is 0 Å². The SMILES string of the molecule is C/C=C/C=C/C(=O)N[C@@H](CC(=O)N[C@H](C(=O)[C@@H]1C(=O)NC(=O)[C@H]1C)C(C)C)c1ccccc1. The summed E-state index contributed by atoms with van der Waals surface area (Å²) in [6.45, 7) is 6.86. The zero-order valence-corrected chi connectivity index (χ0v) is 19.3. The summed E-state index contributed by atoms with van der Waals surface area (Å²) < 4.78 is 0. The Bertz CT molecular complexity index is 952. The molecule has 1 heterocycles. The smallest absolute Gasteiger partial charge is 0.244 e. The molecule has 33 heavy (non-hydrogen) atoms. The second-order valence-corrected chi connectivity index (χ2v) is 8.37. The van der Waals surface area contributed by atoms with E-state index in [1.807, 2.05) is 13.0 Å². The third-order valence-electron chi connectivity index (χ3n) is 5.50. The number of allylic oxidation sites excluding steroid dienone is 3. The normalized spacial score (nSPS) is 20.2. The zero-order chi connectivity index (χ0) is 24.5. The van der Waals surface area contributed by atoms with Crippen molar-refractivity contribution in [3.63, 3.8) is 0 Å². The Hall–Kier alpha value is -3.55. The molecule has 0 aromatic heterocycles. The third-order valence-corrected chi connectivity index (χ3v) is 5.50. The van der Waals surface area contributed by atoms with Gasteiger partial charge in [0.15, 0.2) is 5.78 Å². The Morgan fingerprint density at radius 2 is 1.70 bits per heavy atom. The highest BCUT2D eigenvalue weighted by Crippen LogP contribution is 2.24. The number of hydrogen-bond acceptors (Lipinski definition) is 5. The molecule has 8 nitrogen and oxygen atoms in total. The number of nitrogens with one attached hydrogen (secondary N) is 3. The average Bonchev–Trinajstić information content (AvgIpc) is 3.03. The number of benzene rings is 1. The van der Waals surface area contributed by atoms with Gasteiger partial charge in [-0.3, -0.25) is 29.3 Å². The highest BCUT2D eigenvalue weighted by atomic mass is 16.2. The molecule has 3 N–H and O–H groups in total. The van der Waals surface area contributed by atoms with E-state index in [0.29, 0.717) is 0 Å². The first-order valence-electron chi connectivity index (χ1n) is 11.0. The van der Waals surface area contributed by atoms with Gasteiger partial charge in [-0.2, -0.15) is 0 Å². The van der Waals surface area contributed by atoms with Crippen molar-refractivity contribution < 1.29 is 24.0 Å². The number of hydrogen-bond donors (Lipinski definition) is 3. The summed E-state index contributed by atoms with van der Waals surface area (Å²) in [5, 5.41) is 7.70. The Balaban J connectivity index is 2.16. The molecule has 176 valence electrons. The summed E-state index contributed by atoms with van der Waals surface area (Å²) in [5.41, 5.74) is 0.738. The molecule has 4 amide bonds. The molecule has 0 aliphatic carbocycles. The molecule has 0 radical (unpaired) electrons. The van der Waals surface area contributed by atoms with E-state index in [9.17, 15) is 24.0 Å². The maximum atomic E-state index is 13.1. The first-order chi connectivity index (χ1) is 15.6. The Morgan fingerprint density at radius 3 is 2.24 bits per heavy atom. The van der Waals surface area contributed by atoms with E-state index in [4.69, 9.17) is 0 Å². The highest BCUT2D eigenvalue weighted by molar-refractivity contribution is 6.16. The minimum atomic E-state index is -1.13. The van der Waals surface area contributed by atoms with Crippen molar-refractivity contribution in [1.82, 2.24) is 16.0 Å². The number of amides is 4. The summed E-state index contributed by atoms with van der Waals surface area (Å²) in [6.07, 6.45) is 6.36. The number of imide groups is 1. The van der Waals surface area contributed by atoms with Crippen molar-refractivity contribution in [3.05, 3.63) is 60.2 Å². The Labute approximate surface area is 193 Å².